The number of ether oxygens (including phenoxy) is 4. The Morgan fingerprint density at radius 3 is 2.42 bits per heavy atom. The molecule has 13 atom stereocenters. The quantitative estimate of drug-likeness (QED) is 0.118. The third-order valence-corrected chi connectivity index (χ3v) is 8.22. The van der Waals surface area contributed by atoms with Crippen molar-refractivity contribution in [2.75, 3.05) is 26.7 Å². The van der Waals surface area contributed by atoms with Crippen molar-refractivity contribution in [2.45, 2.75) is 112 Å². The molecule has 15 heteroatoms. The maximum absolute atomic E-state index is 12.8. The average Bonchev–Trinajstić information content (AvgIpc) is 3.52. The zero-order valence-corrected chi connectivity index (χ0v) is 23.2. The molecular weight excluding hydrogens is 528 g/mol. The normalized spacial score (nSPS) is 47.2. The predicted octanol–water partition coefficient (Wildman–Crippen LogP) is -4.58. The van der Waals surface area contributed by atoms with E-state index in [1.54, 1.807) is 7.05 Å². The monoisotopic (exact) mass is 574 g/mol. The summed E-state index contributed by atoms with van der Waals surface area (Å²) in [7, 11) is 1.58. The Hall–Kier alpha value is -1.47. The van der Waals surface area contributed by atoms with Crippen molar-refractivity contribution in [1.82, 2.24) is 16.0 Å². The summed E-state index contributed by atoms with van der Waals surface area (Å²) < 4.78 is 23.8. The van der Waals surface area contributed by atoms with E-state index in [1.807, 2.05) is 13.0 Å². The number of hydrogen-bond acceptors (Lipinski definition) is 14. The molecule has 3 fully saturated rings. The lowest BCUT2D eigenvalue weighted by molar-refractivity contribution is -0.304. The summed E-state index contributed by atoms with van der Waals surface area (Å²) in [6.45, 7) is 4.55. The van der Waals surface area contributed by atoms with Crippen molar-refractivity contribution < 1.29 is 44.2 Å². The summed E-state index contributed by atoms with van der Waals surface area (Å²) in [6.07, 6.45) is -4.60. The van der Waals surface area contributed by atoms with Gasteiger partial charge in [-0.1, -0.05) is 6.92 Å². The molecule has 0 aromatic carbocycles. The molecule has 15 nitrogen and oxygen atoms in total. The van der Waals surface area contributed by atoms with Gasteiger partial charge in [-0.25, -0.2) is 0 Å². The van der Waals surface area contributed by atoms with Crippen LogP contribution in [0.2, 0.25) is 0 Å². The standard InChI is InChI=1S/C25H46N6O9/c1-4-30-9-11-5-6-12(26)21(38-11)39-18-13(27)7-14(31-23(34)25(36)8-15(25)28)19(16(18)32)40-22-17(33)20(29-3)24(2,35)10-37-22/h5,12-22,29-30,32-33,35-36H,4,6-10,26-28H2,1-3H3,(H,31,34)/t12-,13+,14-,15?,16+,17-,18?,19+,20-,21-,22-,24+,25?/m1/s1. The number of amides is 1. The maximum Gasteiger partial charge on any atom is 0.253 e. The maximum atomic E-state index is 12.8. The second-order valence-electron chi connectivity index (χ2n) is 11.5. The first-order valence-electron chi connectivity index (χ1n) is 13.9. The minimum absolute atomic E-state index is 0.0848. The van der Waals surface area contributed by atoms with E-state index < -0.39 is 84.3 Å². The van der Waals surface area contributed by atoms with Gasteiger partial charge >= 0.3 is 0 Å². The highest BCUT2D eigenvalue weighted by Gasteiger charge is 2.59. The molecule has 4 rings (SSSR count). The van der Waals surface area contributed by atoms with E-state index >= 15 is 0 Å². The molecule has 0 bridgehead atoms. The minimum Gasteiger partial charge on any atom is -0.467 e. The fourth-order valence-corrected chi connectivity index (χ4v) is 5.60. The van der Waals surface area contributed by atoms with Gasteiger partial charge in [-0.2, -0.15) is 0 Å². The van der Waals surface area contributed by atoms with Crippen LogP contribution in [-0.2, 0) is 23.7 Å². The third kappa shape index (κ3) is 6.45. The van der Waals surface area contributed by atoms with Crippen LogP contribution in [-0.4, -0.2) is 131 Å². The van der Waals surface area contributed by atoms with Crippen molar-refractivity contribution >= 4 is 5.91 Å². The fourth-order valence-electron chi connectivity index (χ4n) is 5.60. The van der Waals surface area contributed by atoms with Gasteiger partial charge in [-0.05, 0) is 39.4 Å². The summed E-state index contributed by atoms with van der Waals surface area (Å²) >= 11 is 0. The van der Waals surface area contributed by atoms with Gasteiger partial charge < -0.3 is 72.5 Å². The van der Waals surface area contributed by atoms with Gasteiger partial charge in [0.2, 0.25) is 6.29 Å². The van der Waals surface area contributed by atoms with Crippen LogP contribution in [0.4, 0.5) is 0 Å². The van der Waals surface area contributed by atoms with Crippen LogP contribution in [0.3, 0.4) is 0 Å². The van der Waals surface area contributed by atoms with E-state index in [1.165, 1.54) is 6.92 Å². The van der Waals surface area contributed by atoms with Crippen molar-refractivity contribution in [3.63, 3.8) is 0 Å². The Bertz CT molecular complexity index is 927. The number of nitrogens with one attached hydrogen (secondary N) is 3. The summed E-state index contributed by atoms with van der Waals surface area (Å²) in [5.41, 5.74) is 15.3. The highest BCUT2D eigenvalue weighted by atomic mass is 16.7. The molecule has 0 radical (unpaired) electrons. The van der Waals surface area contributed by atoms with Crippen LogP contribution < -0.4 is 33.2 Å². The summed E-state index contributed by atoms with van der Waals surface area (Å²) in [5.74, 6) is -0.0578. The van der Waals surface area contributed by atoms with E-state index in [-0.39, 0.29) is 19.4 Å². The molecule has 1 amide bonds. The summed E-state index contributed by atoms with van der Waals surface area (Å²) in [5, 5.41) is 52.3. The Balaban J connectivity index is 1.52. The van der Waals surface area contributed by atoms with Crippen molar-refractivity contribution in [3.05, 3.63) is 11.8 Å². The number of rotatable bonds is 10. The molecule has 0 spiro atoms. The van der Waals surface area contributed by atoms with Gasteiger partial charge in [0.1, 0.15) is 35.8 Å². The SMILES string of the molecule is CCNCC1=CC[C@@H](N)[C@@H](OC2[C@@H](N)C[C@@H](NC(=O)C3(O)CC3N)[C@H](O[C@H]3OC[C@](C)(O)[C@H](NC)[C@H]3O)[C@H]2O)O1. The molecule has 0 aromatic heterocycles. The molecule has 0 aromatic rings. The molecule has 2 aliphatic carbocycles. The van der Waals surface area contributed by atoms with Gasteiger partial charge in [0, 0.05) is 18.5 Å². The first-order valence-corrected chi connectivity index (χ1v) is 13.9. The van der Waals surface area contributed by atoms with Gasteiger partial charge in [-0.3, -0.25) is 4.79 Å². The average molecular weight is 575 g/mol. The van der Waals surface area contributed by atoms with Crippen LogP contribution >= 0.6 is 0 Å². The Morgan fingerprint density at radius 1 is 1.12 bits per heavy atom. The second-order valence-corrected chi connectivity index (χ2v) is 11.5. The number of likely N-dealkylation sites (N-methyl/N-ethyl adjacent to an activating group) is 2. The summed E-state index contributed by atoms with van der Waals surface area (Å²) in [6, 6.07) is -3.72. The molecular formula is C25H46N6O9. The number of carbonyl (C=O) groups is 1. The molecule has 4 aliphatic rings. The Labute approximate surface area is 233 Å². The number of carbonyl (C=O) groups excluding carboxylic acids is 1. The topological polar surface area (TPSA) is 249 Å². The van der Waals surface area contributed by atoms with Gasteiger partial charge in [-0.15, -0.1) is 0 Å². The number of aliphatic hydroxyl groups excluding tert-OH is 2. The number of aliphatic hydroxyl groups is 4. The van der Waals surface area contributed by atoms with Crippen LogP contribution in [0.15, 0.2) is 11.8 Å². The fraction of sp³-hybridized carbons (Fsp3) is 0.880. The number of hydrogen-bond donors (Lipinski definition) is 10. The van der Waals surface area contributed by atoms with E-state index in [0.29, 0.717) is 18.7 Å². The summed E-state index contributed by atoms with van der Waals surface area (Å²) in [4.78, 5) is 12.8. The van der Waals surface area contributed by atoms with Gasteiger partial charge in [0.25, 0.3) is 5.91 Å². The zero-order chi connectivity index (χ0) is 29.4. The first-order chi connectivity index (χ1) is 18.8. The second kappa shape index (κ2) is 12.4. The minimum atomic E-state index is -1.72. The van der Waals surface area contributed by atoms with Crippen molar-refractivity contribution in [2.24, 2.45) is 17.2 Å². The predicted molar refractivity (Wildman–Crippen MR) is 141 cm³/mol. The molecule has 2 aliphatic heterocycles. The lowest BCUT2D eigenvalue weighted by atomic mass is 9.83. The van der Waals surface area contributed by atoms with E-state index in [9.17, 15) is 25.2 Å². The zero-order valence-electron chi connectivity index (χ0n) is 23.2. The smallest absolute Gasteiger partial charge is 0.253 e. The Kier molecular flexibility index (Phi) is 9.76. The Morgan fingerprint density at radius 2 is 1.80 bits per heavy atom. The lowest BCUT2D eigenvalue weighted by Crippen LogP contribution is -2.69. The molecule has 2 heterocycles. The highest BCUT2D eigenvalue weighted by Crippen LogP contribution is 2.36. The largest absolute Gasteiger partial charge is 0.467 e. The molecule has 1 saturated heterocycles. The van der Waals surface area contributed by atoms with Crippen molar-refractivity contribution in [1.29, 1.82) is 0 Å². The first kappa shape index (κ1) is 31.5. The van der Waals surface area contributed by atoms with Gasteiger partial charge in [0.05, 0.1) is 31.3 Å². The van der Waals surface area contributed by atoms with Crippen LogP contribution in [0.5, 0.6) is 0 Å². The molecule has 230 valence electrons. The van der Waals surface area contributed by atoms with Crippen LogP contribution in [0.25, 0.3) is 0 Å². The van der Waals surface area contributed by atoms with Crippen LogP contribution in [0.1, 0.15) is 33.1 Å². The third-order valence-electron chi connectivity index (χ3n) is 8.22. The molecule has 3 unspecified atom stereocenters. The van der Waals surface area contributed by atoms with Crippen molar-refractivity contribution in [3.8, 4) is 0 Å². The number of nitrogens with two attached hydrogens (primary N) is 3. The van der Waals surface area contributed by atoms with E-state index in [4.69, 9.17) is 36.1 Å². The molecule has 13 N–H and O–H groups in total. The van der Waals surface area contributed by atoms with E-state index in [0.717, 1.165) is 6.54 Å². The lowest BCUT2D eigenvalue weighted by Gasteiger charge is -2.49. The molecule has 40 heavy (non-hydrogen) atoms. The van der Waals surface area contributed by atoms with Crippen LogP contribution in [0, 0.1) is 0 Å². The highest BCUT2D eigenvalue weighted by molar-refractivity contribution is 5.89. The molecule has 2 saturated carbocycles. The van der Waals surface area contributed by atoms with Gasteiger partial charge in [0.15, 0.2) is 11.9 Å². The van der Waals surface area contributed by atoms with E-state index in [2.05, 4.69) is 16.0 Å².